The van der Waals surface area contributed by atoms with Crippen molar-refractivity contribution < 1.29 is 18.9 Å². The number of morpholine rings is 1. The van der Waals surface area contributed by atoms with Crippen molar-refractivity contribution in [1.82, 2.24) is 19.5 Å². The fourth-order valence-corrected chi connectivity index (χ4v) is 5.13. The van der Waals surface area contributed by atoms with Crippen LogP contribution in [0.4, 0.5) is 23.0 Å². The minimum Gasteiger partial charge on any atom is -0.370 e. The Morgan fingerprint density at radius 2 is 2.00 bits per heavy atom. The molecule has 0 spiro atoms. The zero-order valence-corrected chi connectivity index (χ0v) is 23.4. The average Bonchev–Trinajstić information content (AvgIpc) is 3.29. The van der Waals surface area contributed by atoms with Gasteiger partial charge in [0.2, 0.25) is 12.2 Å². The number of rotatable bonds is 9. The van der Waals surface area contributed by atoms with Crippen LogP contribution in [0.5, 0.6) is 0 Å². The second-order valence-corrected chi connectivity index (χ2v) is 10.5. The van der Waals surface area contributed by atoms with Gasteiger partial charge in [-0.1, -0.05) is 22.0 Å². The Bertz CT molecular complexity index is 1580. The predicted molar refractivity (Wildman–Crippen MR) is 154 cm³/mol. The first-order chi connectivity index (χ1) is 19.3. The Hall–Kier alpha value is -4.20. The van der Waals surface area contributed by atoms with Gasteiger partial charge in [-0.15, -0.1) is 0 Å². The van der Waals surface area contributed by atoms with E-state index < -0.39 is 4.92 Å². The first kappa shape index (κ1) is 27.4. The molecule has 0 radical (unpaired) electrons. The topological polar surface area (TPSA) is 137 Å². The number of halogens is 1. The van der Waals surface area contributed by atoms with Gasteiger partial charge < -0.3 is 34.5 Å². The van der Waals surface area contributed by atoms with E-state index in [2.05, 4.69) is 41.5 Å². The summed E-state index contributed by atoms with van der Waals surface area (Å²) in [5.41, 5.74) is 2.76. The number of benzene rings is 2. The van der Waals surface area contributed by atoms with Crippen molar-refractivity contribution in [3.05, 3.63) is 87.6 Å². The number of nitro groups is 1. The van der Waals surface area contributed by atoms with Crippen LogP contribution in [0.2, 0.25) is 0 Å². The Morgan fingerprint density at radius 3 is 2.77 bits per heavy atom. The van der Waals surface area contributed by atoms with Crippen molar-refractivity contribution in [2.24, 2.45) is 7.05 Å². The number of amides is 1. The second-order valence-electron chi connectivity index (χ2n) is 9.61. The van der Waals surface area contributed by atoms with Crippen molar-refractivity contribution in [2.45, 2.75) is 6.54 Å². The molecule has 3 heterocycles. The number of hydrogen-bond donors (Lipinski definition) is 2. The lowest BCUT2D eigenvalue weighted by atomic mass is 10.2. The number of ether oxygens (including phenoxy) is 1. The number of imidazole rings is 1. The highest BCUT2D eigenvalue weighted by Gasteiger charge is 2.34. The molecule has 206 valence electrons. The van der Waals surface area contributed by atoms with Crippen LogP contribution in [0.15, 0.2) is 71.7 Å². The molecule has 2 N–H and O–H groups in total. The van der Waals surface area contributed by atoms with E-state index >= 15 is 0 Å². The van der Waals surface area contributed by atoms with Gasteiger partial charge in [0.1, 0.15) is 31.8 Å². The van der Waals surface area contributed by atoms with Crippen LogP contribution in [-0.4, -0.2) is 67.7 Å². The number of aryl methyl sites for hydroxylation is 1. The van der Waals surface area contributed by atoms with Gasteiger partial charge in [0.05, 0.1) is 25.3 Å². The summed E-state index contributed by atoms with van der Waals surface area (Å²) in [6.07, 6.45) is 6.27. The lowest BCUT2D eigenvalue weighted by Gasteiger charge is -2.40. The SMILES string of the molecule is Cn1cnc([N+](=O)[O-])c1C[N+]1(CC=CC(=O)Nc2ccc3ncnc(Nc4cccc(Br)c4)c3c2)CCOCC1. The number of anilines is 3. The molecule has 40 heavy (non-hydrogen) atoms. The second kappa shape index (κ2) is 11.9. The zero-order chi connectivity index (χ0) is 28.1. The van der Waals surface area contributed by atoms with Gasteiger partial charge in [0.15, 0.2) is 5.69 Å². The number of quaternary nitrogens is 1. The maximum Gasteiger partial charge on any atom is 0.390 e. The Balaban J connectivity index is 1.29. The zero-order valence-electron chi connectivity index (χ0n) is 21.8. The minimum atomic E-state index is -0.454. The fraction of sp³-hybridized carbons (Fsp3) is 0.259. The van der Waals surface area contributed by atoms with E-state index in [1.54, 1.807) is 17.7 Å². The van der Waals surface area contributed by atoms with Crippen LogP contribution >= 0.6 is 15.9 Å². The van der Waals surface area contributed by atoms with Crippen LogP contribution in [0, 0.1) is 10.1 Å². The molecule has 1 amide bonds. The summed E-state index contributed by atoms with van der Waals surface area (Å²) in [5.74, 6) is 0.204. The molecule has 0 saturated carbocycles. The molecule has 0 bridgehead atoms. The van der Waals surface area contributed by atoms with Crippen molar-refractivity contribution in [1.29, 1.82) is 0 Å². The van der Waals surface area contributed by atoms with E-state index in [1.807, 2.05) is 42.5 Å². The molecule has 2 aromatic heterocycles. The smallest absolute Gasteiger partial charge is 0.370 e. The summed E-state index contributed by atoms with van der Waals surface area (Å²) in [6, 6.07) is 13.2. The molecule has 0 aliphatic carbocycles. The normalized spacial score (nSPS) is 14.8. The monoisotopic (exact) mass is 607 g/mol. The third-order valence-corrected chi connectivity index (χ3v) is 7.36. The van der Waals surface area contributed by atoms with Gasteiger partial charge in [-0.25, -0.2) is 9.97 Å². The van der Waals surface area contributed by atoms with Crippen molar-refractivity contribution in [3.63, 3.8) is 0 Å². The first-order valence-corrected chi connectivity index (χ1v) is 13.4. The van der Waals surface area contributed by atoms with E-state index in [0.717, 1.165) is 21.1 Å². The highest BCUT2D eigenvalue weighted by Crippen LogP contribution is 2.27. The van der Waals surface area contributed by atoms with E-state index in [0.29, 0.717) is 61.1 Å². The average molecular weight is 608 g/mol. The summed E-state index contributed by atoms with van der Waals surface area (Å²) in [4.78, 5) is 36.5. The minimum absolute atomic E-state index is 0.137. The molecule has 4 aromatic rings. The molecule has 2 aromatic carbocycles. The summed E-state index contributed by atoms with van der Waals surface area (Å²) >= 11 is 3.47. The van der Waals surface area contributed by atoms with E-state index in [1.165, 1.54) is 18.7 Å². The molecule has 1 aliphatic rings. The number of hydrogen-bond acceptors (Lipinski definition) is 8. The molecule has 12 nitrogen and oxygen atoms in total. The Morgan fingerprint density at radius 1 is 1.18 bits per heavy atom. The number of carbonyl (C=O) groups excluding carboxylic acids is 1. The summed E-state index contributed by atoms with van der Waals surface area (Å²) < 4.78 is 8.71. The van der Waals surface area contributed by atoms with E-state index in [-0.39, 0.29) is 11.7 Å². The Labute approximate surface area is 238 Å². The van der Waals surface area contributed by atoms with Gasteiger partial charge in [-0.2, -0.15) is 0 Å². The molecule has 5 rings (SSSR count). The maximum atomic E-state index is 12.8. The largest absolute Gasteiger partial charge is 0.390 e. The summed E-state index contributed by atoms with van der Waals surface area (Å²) in [5, 5.41) is 18.5. The fourth-order valence-electron chi connectivity index (χ4n) is 4.74. The highest BCUT2D eigenvalue weighted by molar-refractivity contribution is 9.10. The van der Waals surface area contributed by atoms with Gasteiger partial charge in [0, 0.05) is 34.4 Å². The quantitative estimate of drug-likeness (QED) is 0.124. The molecule has 13 heteroatoms. The number of carbonyl (C=O) groups is 1. The van der Waals surface area contributed by atoms with Crippen molar-refractivity contribution in [2.75, 3.05) is 43.5 Å². The van der Waals surface area contributed by atoms with Gasteiger partial charge in [-0.3, -0.25) is 4.79 Å². The van der Waals surface area contributed by atoms with Gasteiger partial charge >= 0.3 is 5.82 Å². The van der Waals surface area contributed by atoms with Crippen LogP contribution in [0.1, 0.15) is 5.69 Å². The van der Waals surface area contributed by atoms with Crippen LogP contribution < -0.4 is 10.6 Å². The number of nitrogens with zero attached hydrogens (tertiary/aromatic N) is 6. The number of fused-ring (bicyclic) bond motifs is 1. The number of aromatic nitrogens is 4. The lowest BCUT2D eigenvalue weighted by Crippen LogP contribution is -2.54. The molecule has 1 saturated heterocycles. The summed E-state index contributed by atoms with van der Waals surface area (Å²) in [7, 11) is 1.75. The maximum absolute atomic E-state index is 12.8. The van der Waals surface area contributed by atoms with E-state index in [4.69, 9.17) is 4.74 Å². The molecule has 1 aliphatic heterocycles. The molecule has 1 fully saturated rings. The third kappa shape index (κ3) is 6.33. The molecular weight excluding hydrogens is 580 g/mol. The van der Waals surface area contributed by atoms with Crippen LogP contribution in [0.3, 0.4) is 0 Å². The Kier molecular flexibility index (Phi) is 8.14. The van der Waals surface area contributed by atoms with Crippen molar-refractivity contribution >= 4 is 55.8 Å². The van der Waals surface area contributed by atoms with Gasteiger partial charge in [-0.05, 0) is 52.4 Å². The molecule has 0 unspecified atom stereocenters. The van der Waals surface area contributed by atoms with Crippen molar-refractivity contribution in [3.8, 4) is 0 Å². The summed E-state index contributed by atoms with van der Waals surface area (Å²) in [6.45, 7) is 3.37. The van der Waals surface area contributed by atoms with E-state index in [9.17, 15) is 14.9 Å². The number of nitrogens with one attached hydrogen (secondary N) is 2. The van der Waals surface area contributed by atoms with Gasteiger partial charge in [0.25, 0.3) is 0 Å². The molecular formula is C27H28BrN8O4+. The predicted octanol–water partition coefficient (Wildman–Crippen LogP) is 4.32. The van der Waals surface area contributed by atoms with Crippen LogP contribution in [0.25, 0.3) is 10.9 Å². The third-order valence-electron chi connectivity index (χ3n) is 6.87. The van der Waals surface area contributed by atoms with Crippen LogP contribution in [-0.2, 0) is 23.1 Å². The lowest BCUT2D eigenvalue weighted by molar-refractivity contribution is -0.942. The first-order valence-electron chi connectivity index (χ1n) is 12.6. The highest BCUT2D eigenvalue weighted by atomic mass is 79.9. The molecule has 0 atom stereocenters. The standard InChI is InChI=1S/C27H27BrN8O4/c1-34-18-31-27(35(38)39)24(34)16-36(10-12-40-13-11-36)9-3-6-25(37)32-21-7-8-23-22(15-21)26(30-17-29-23)33-20-5-2-4-19(28)14-20/h2-8,14-15,17-18H,9-13,16H2,1H3,(H-,29,30,32,33,37)/p+1.